The second kappa shape index (κ2) is 4.19. The Kier molecular flexibility index (Phi) is 2.70. The zero-order chi connectivity index (χ0) is 11.0. The van der Waals surface area contributed by atoms with Crippen molar-refractivity contribution in [2.24, 2.45) is 11.8 Å². The molecule has 0 radical (unpaired) electrons. The maximum Gasteiger partial charge on any atom is 0.0462 e. The number of rotatable bonds is 4. The van der Waals surface area contributed by atoms with E-state index in [4.69, 9.17) is 5.84 Å². The number of aryl methyl sites for hydroxylation is 2. The lowest BCUT2D eigenvalue weighted by Gasteiger charge is -2.17. The van der Waals surface area contributed by atoms with Gasteiger partial charge < -0.3 is 0 Å². The van der Waals surface area contributed by atoms with Crippen molar-refractivity contribution in [3.8, 4) is 0 Å². The Morgan fingerprint density at radius 1 is 1.25 bits per heavy atom. The normalized spacial score (nSPS) is 20.8. The molecule has 1 saturated carbocycles. The van der Waals surface area contributed by atoms with E-state index < -0.39 is 0 Å². The topological polar surface area (TPSA) is 38.0 Å². The molecule has 0 aliphatic heterocycles. The molecule has 0 bridgehead atoms. The number of nitrogens with two attached hydrogens (primary N) is 1. The Labute approximate surface area is 97.2 Å². The van der Waals surface area contributed by atoms with Crippen molar-refractivity contribution >= 4 is 0 Å². The summed E-state index contributed by atoms with van der Waals surface area (Å²) in [6.45, 7) is 0. The van der Waals surface area contributed by atoms with Crippen LogP contribution in [-0.4, -0.2) is 0 Å². The predicted octanol–water partition coefficient (Wildman–Crippen LogP) is 2.48. The summed E-state index contributed by atoms with van der Waals surface area (Å²) in [5, 5.41) is 0. The van der Waals surface area contributed by atoms with E-state index in [0.29, 0.717) is 6.04 Å². The summed E-state index contributed by atoms with van der Waals surface area (Å²) in [4.78, 5) is 0. The number of hydrogen-bond acceptors (Lipinski definition) is 2. The van der Waals surface area contributed by atoms with Crippen LogP contribution in [0.1, 0.15) is 48.4 Å². The summed E-state index contributed by atoms with van der Waals surface area (Å²) in [7, 11) is 0. The lowest BCUT2D eigenvalue weighted by Crippen LogP contribution is -2.28. The first-order chi connectivity index (χ1) is 7.86. The van der Waals surface area contributed by atoms with Crippen LogP contribution >= 0.6 is 0 Å². The van der Waals surface area contributed by atoms with Gasteiger partial charge in [0.25, 0.3) is 0 Å². The predicted molar refractivity (Wildman–Crippen MR) is 65.9 cm³/mol. The zero-order valence-electron chi connectivity index (χ0n) is 9.71. The molecule has 1 aromatic carbocycles. The highest BCUT2D eigenvalue weighted by Crippen LogP contribution is 2.38. The molecular weight excluding hydrogens is 196 g/mol. The molecule has 2 heteroatoms. The summed E-state index contributed by atoms with van der Waals surface area (Å²) >= 11 is 0. The minimum Gasteiger partial charge on any atom is -0.271 e. The second-order valence-electron chi connectivity index (χ2n) is 5.28. The number of hydrogen-bond donors (Lipinski definition) is 2. The average molecular weight is 216 g/mol. The van der Waals surface area contributed by atoms with E-state index in [2.05, 4.69) is 23.6 Å². The van der Waals surface area contributed by atoms with E-state index >= 15 is 0 Å². The summed E-state index contributed by atoms with van der Waals surface area (Å²) in [5.74, 6) is 6.59. The van der Waals surface area contributed by atoms with Crippen molar-refractivity contribution < 1.29 is 0 Å². The van der Waals surface area contributed by atoms with Gasteiger partial charge in [0.15, 0.2) is 0 Å². The smallest absolute Gasteiger partial charge is 0.0462 e. The number of nitrogens with one attached hydrogen (secondary N) is 1. The Hall–Kier alpha value is -0.860. The monoisotopic (exact) mass is 216 g/mol. The van der Waals surface area contributed by atoms with E-state index in [0.717, 1.165) is 5.92 Å². The highest BCUT2D eigenvalue weighted by atomic mass is 15.2. The van der Waals surface area contributed by atoms with Crippen LogP contribution in [-0.2, 0) is 12.8 Å². The van der Waals surface area contributed by atoms with E-state index in [1.54, 1.807) is 11.1 Å². The van der Waals surface area contributed by atoms with Crippen LogP contribution in [0.15, 0.2) is 18.2 Å². The lowest BCUT2D eigenvalue weighted by molar-refractivity contribution is 0.487. The van der Waals surface area contributed by atoms with Crippen LogP contribution in [0.3, 0.4) is 0 Å². The molecular formula is C14H20N2. The van der Waals surface area contributed by atoms with Crippen LogP contribution in [0, 0.1) is 5.92 Å². The van der Waals surface area contributed by atoms with E-state index in [-0.39, 0.29) is 0 Å². The fourth-order valence-corrected chi connectivity index (χ4v) is 2.80. The summed E-state index contributed by atoms with van der Waals surface area (Å²) < 4.78 is 0. The molecule has 3 N–H and O–H groups in total. The molecule has 1 unspecified atom stereocenters. The van der Waals surface area contributed by atoms with Gasteiger partial charge in [0.05, 0.1) is 0 Å². The average Bonchev–Trinajstić information content (AvgIpc) is 3.01. The molecule has 2 nitrogen and oxygen atoms in total. The molecule has 0 aromatic heterocycles. The van der Waals surface area contributed by atoms with Gasteiger partial charge in [0.1, 0.15) is 0 Å². The Bertz CT molecular complexity index is 382. The fraction of sp³-hybridized carbons (Fsp3) is 0.571. The van der Waals surface area contributed by atoms with Crippen LogP contribution in [0.2, 0.25) is 0 Å². The largest absolute Gasteiger partial charge is 0.271 e. The third kappa shape index (κ3) is 2.00. The highest BCUT2D eigenvalue weighted by molar-refractivity contribution is 5.36. The first-order valence-electron chi connectivity index (χ1n) is 6.44. The number of benzene rings is 1. The van der Waals surface area contributed by atoms with Gasteiger partial charge in [-0.05, 0) is 48.3 Å². The van der Waals surface area contributed by atoms with Crippen LogP contribution < -0.4 is 11.3 Å². The van der Waals surface area contributed by atoms with Gasteiger partial charge in [0.2, 0.25) is 0 Å². The Morgan fingerprint density at radius 3 is 2.81 bits per heavy atom. The first-order valence-corrected chi connectivity index (χ1v) is 6.44. The number of fused-ring (bicyclic) bond motifs is 1. The molecule has 0 amide bonds. The van der Waals surface area contributed by atoms with Gasteiger partial charge >= 0.3 is 0 Å². The maximum atomic E-state index is 5.68. The summed E-state index contributed by atoms with van der Waals surface area (Å²) in [5.41, 5.74) is 7.46. The van der Waals surface area contributed by atoms with Gasteiger partial charge in [0, 0.05) is 6.04 Å². The molecule has 0 spiro atoms. The van der Waals surface area contributed by atoms with Crippen molar-refractivity contribution in [1.82, 2.24) is 5.43 Å². The molecule has 86 valence electrons. The molecule has 1 fully saturated rings. The minimum absolute atomic E-state index is 0.360. The highest BCUT2D eigenvalue weighted by Gasteiger charge is 2.26. The maximum absolute atomic E-state index is 5.68. The Balaban J connectivity index is 1.80. The first kappa shape index (κ1) is 10.3. The molecule has 1 aromatic rings. The summed E-state index contributed by atoms with van der Waals surface area (Å²) in [6.07, 6.45) is 7.83. The van der Waals surface area contributed by atoms with Crippen molar-refractivity contribution in [2.45, 2.75) is 44.6 Å². The standard InChI is InChI=1S/C14H20N2/c15-16-14(8-10-4-5-10)13-7-6-11-2-1-3-12(11)9-13/h6-7,9-10,14,16H,1-5,8,15H2. The van der Waals surface area contributed by atoms with Crippen LogP contribution in [0.5, 0.6) is 0 Å². The van der Waals surface area contributed by atoms with Gasteiger partial charge in [-0.15, -0.1) is 0 Å². The van der Waals surface area contributed by atoms with Gasteiger partial charge in [-0.25, -0.2) is 0 Å². The van der Waals surface area contributed by atoms with Crippen LogP contribution in [0.25, 0.3) is 0 Å². The fourth-order valence-electron chi connectivity index (χ4n) is 2.80. The third-order valence-corrected chi connectivity index (χ3v) is 3.99. The van der Waals surface area contributed by atoms with E-state index in [9.17, 15) is 0 Å². The van der Waals surface area contributed by atoms with Crippen molar-refractivity contribution in [3.63, 3.8) is 0 Å². The Morgan fingerprint density at radius 2 is 2.06 bits per heavy atom. The quantitative estimate of drug-likeness (QED) is 0.599. The minimum atomic E-state index is 0.360. The number of hydrazine groups is 1. The zero-order valence-corrected chi connectivity index (χ0v) is 9.71. The van der Waals surface area contributed by atoms with E-state index in [1.165, 1.54) is 44.1 Å². The van der Waals surface area contributed by atoms with Crippen LogP contribution in [0.4, 0.5) is 0 Å². The molecule has 1 atom stereocenters. The summed E-state index contributed by atoms with van der Waals surface area (Å²) in [6, 6.07) is 7.29. The van der Waals surface area contributed by atoms with E-state index in [1.807, 2.05) is 0 Å². The molecule has 2 aliphatic rings. The SMILES string of the molecule is NNC(CC1CC1)c1ccc2c(c1)CCC2. The van der Waals surface area contributed by atoms with Crippen molar-refractivity contribution in [1.29, 1.82) is 0 Å². The van der Waals surface area contributed by atoms with Gasteiger partial charge in [-0.1, -0.05) is 31.0 Å². The lowest BCUT2D eigenvalue weighted by atomic mass is 9.98. The van der Waals surface area contributed by atoms with Gasteiger partial charge in [-0.3, -0.25) is 11.3 Å². The molecule has 2 aliphatic carbocycles. The molecule has 0 heterocycles. The molecule has 3 rings (SSSR count). The third-order valence-electron chi connectivity index (χ3n) is 3.99. The van der Waals surface area contributed by atoms with Crippen molar-refractivity contribution in [3.05, 3.63) is 34.9 Å². The molecule has 0 saturated heterocycles. The second-order valence-corrected chi connectivity index (χ2v) is 5.28. The van der Waals surface area contributed by atoms with Crippen molar-refractivity contribution in [2.75, 3.05) is 0 Å². The van der Waals surface area contributed by atoms with Gasteiger partial charge in [-0.2, -0.15) is 0 Å². The molecule has 16 heavy (non-hydrogen) atoms.